The maximum atomic E-state index is 13.9. The second-order valence-corrected chi connectivity index (χ2v) is 7.94. The van der Waals surface area contributed by atoms with Crippen molar-refractivity contribution < 1.29 is 13.9 Å². The number of allylic oxidation sites excluding steroid dienone is 4. The van der Waals surface area contributed by atoms with E-state index in [-0.39, 0.29) is 5.91 Å². The summed E-state index contributed by atoms with van der Waals surface area (Å²) < 4.78 is 19.8. The first-order valence-electron chi connectivity index (χ1n) is 8.58. The number of terminal acetylenes is 1. The minimum Gasteiger partial charge on any atom is -0.437 e. The van der Waals surface area contributed by atoms with Gasteiger partial charge in [-0.05, 0) is 55.5 Å². The highest BCUT2D eigenvalue weighted by Crippen LogP contribution is 2.54. The lowest BCUT2D eigenvalue weighted by molar-refractivity contribution is -0.115. The minimum absolute atomic E-state index is 0.0748. The molecule has 0 radical (unpaired) electrons. The van der Waals surface area contributed by atoms with Gasteiger partial charge < -0.3 is 9.84 Å². The summed E-state index contributed by atoms with van der Waals surface area (Å²) in [6.45, 7) is 3.57. The molecule has 0 bridgehead atoms. The Bertz CT molecular complexity index is 922. The predicted molar refractivity (Wildman–Crippen MR) is 111 cm³/mol. The molecule has 1 unspecified atom stereocenters. The molecule has 5 heteroatoms. The molecular formula is C22H22NO3P. The molecule has 27 heavy (non-hydrogen) atoms. The van der Waals surface area contributed by atoms with Crippen LogP contribution in [0.15, 0.2) is 78.1 Å². The van der Waals surface area contributed by atoms with Crippen molar-refractivity contribution in [2.45, 2.75) is 20.3 Å². The van der Waals surface area contributed by atoms with Crippen LogP contribution in [0.3, 0.4) is 0 Å². The number of rotatable bonds is 7. The van der Waals surface area contributed by atoms with E-state index < -0.39 is 7.37 Å². The predicted octanol–water partition coefficient (Wildman–Crippen LogP) is 5.11. The molecule has 1 amide bonds. The Balaban J connectivity index is 2.38. The fraction of sp³-hybridized carbons (Fsp3) is 0.136. The lowest BCUT2D eigenvalue weighted by Crippen LogP contribution is -2.11. The highest BCUT2D eigenvalue weighted by molar-refractivity contribution is 7.71. The van der Waals surface area contributed by atoms with Gasteiger partial charge in [-0.3, -0.25) is 9.36 Å². The first kappa shape index (κ1) is 20.3. The molecule has 0 saturated heterocycles. The van der Waals surface area contributed by atoms with Gasteiger partial charge in [0.15, 0.2) is 0 Å². The highest BCUT2D eigenvalue weighted by atomic mass is 31.2. The van der Waals surface area contributed by atoms with Crippen LogP contribution in [0.5, 0.6) is 5.75 Å². The molecule has 0 aliphatic rings. The lowest BCUT2D eigenvalue weighted by Gasteiger charge is -2.21. The Kier molecular flexibility index (Phi) is 7.23. The van der Waals surface area contributed by atoms with Crippen LogP contribution in [0.1, 0.15) is 20.3 Å². The average molecular weight is 379 g/mol. The van der Waals surface area contributed by atoms with E-state index in [2.05, 4.69) is 11.2 Å². The van der Waals surface area contributed by atoms with Crippen molar-refractivity contribution in [3.8, 4) is 18.1 Å². The molecular weight excluding hydrogens is 357 g/mol. The molecule has 0 aliphatic carbocycles. The van der Waals surface area contributed by atoms with Crippen LogP contribution < -0.4 is 15.1 Å². The highest BCUT2D eigenvalue weighted by Gasteiger charge is 2.30. The number of amides is 1. The monoisotopic (exact) mass is 379 g/mol. The molecule has 0 aliphatic heterocycles. The molecule has 2 aromatic rings. The van der Waals surface area contributed by atoms with Crippen LogP contribution in [0, 0.1) is 12.3 Å². The SMILES string of the molecule is C#C/C=C\C(=C/C)P(=O)(Oc1ccc(NC(=O)CC)cc1)c1ccccc1. The van der Waals surface area contributed by atoms with Crippen LogP contribution in [0.2, 0.25) is 0 Å². The molecule has 0 saturated carbocycles. The van der Waals surface area contributed by atoms with Gasteiger partial charge in [0.2, 0.25) is 5.91 Å². The third-order valence-corrected chi connectivity index (χ3v) is 6.31. The largest absolute Gasteiger partial charge is 0.437 e. The van der Waals surface area contributed by atoms with Gasteiger partial charge in [-0.1, -0.05) is 37.1 Å². The van der Waals surface area contributed by atoms with Crippen LogP contribution in [0.4, 0.5) is 5.69 Å². The summed E-state index contributed by atoms with van der Waals surface area (Å²) in [7, 11) is -3.39. The van der Waals surface area contributed by atoms with Crippen molar-refractivity contribution in [1.29, 1.82) is 0 Å². The number of benzene rings is 2. The van der Waals surface area contributed by atoms with Gasteiger partial charge in [0.1, 0.15) is 5.75 Å². The van der Waals surface area contributed by atoms with Gasteiger partial charge in [-0.25, -0.2) is 0 Å². The normalized spacial score (nSPS) is 13.6. The van der Waals surface area contributed by atoms with Crippen LogP contribution in [-0.4, -0.2) is 5.91 Å². The maximum absolute atomic E-state index is 13.9. The number of hydrogen-bond acceptors (Lipinski definition) is 3. The lowest BCUT2D eigenvalue weighted by atomic mass is 10.3. The number of nitrogens with one attached hydrogen (secondary N) is 1. The first-order chi connectivity index (χ1) is 13.0. The minimum atomic E-state index is -3.39. The Morgan fingerprint density at radius 3 is 2.41 bits per heavy atom. The number of anilines is 1. The zero-order valence-electron chi connectivity index (χ0n) is 15.4. The molecule has 1 atom stereocenters. The summed E-state index contributed by atoms with van der Waals surface area (Å²) in [4.78, 5) is 11.5. The average Bonchev–Trinajstić information content (AvgIpc) is 2.70. The van der Waals surface area contributed by atoms with Crippen molar-refractivity contribution in [2.24, 2.45) is 0 Å². The summed E-state index contributed by atoms with van der Waals surface area (Å²) in [5.74, 6) is 2.77. The smallest absolute Gasteiger partial charge is 0.306 e. The van der Waals surface area contributed by atoms with E-state index in [9.17, 15) is 9.36 Å². The topological polar surface area (TPSA) is 55.4 Å². The molecule has 2 aromatic carbocycles. The van der Waals surface area contributed by atoms with E-state index >= 15 is 0 Å². The van der Waals surface area contributed by atoms with E-state index in [0.29, 0.717) is 28.5 Å². The number of carbonyl (C=O) groups is 1. The number of carbonyl (C=O) groups excluding carboxylic acids is 1. The zero-order valence-corrected chi connectivity index (χ0v) is 16.3. The van der Waals surface area contributed by atoms with Crippen LogP contribution in [0.25, 0.3) is 0 Å². The molecule has 1 N–H and O–H groups in total. The van der Waals surface area contributed by atoms with E-state index in [0.717, 1.165) is 0 Å². The summed E-state index contributed by atoms with van der Waals surface area (Å²) >= 11 is 0. The van der Waals surface area contributed by atoms with Crippen LogP contribution >= 0.6 is 7.37 Å². The van der Waals surface area contributed by atoms with Gasteiger partial charge in [-0.2, -0.15) is 0 Å². The van der Waals surface area contributed by atoms with Crippen molar-refractivity contribution >= 4 is 24.3 Å². The van der Waals surface area contributed by atoms with Crippen molar-refractivity contribution in [2.75, 3.05) is 5.32 Å². The van der Waals surface area contributed by atoms with Crippen molar-refractivity contribution in [1.82, 2.24) is 0 Å². The standard InChI is InChI=1S/C22H22NO3P/c1-4-7-11-20(5-2)27(25,21-12-9-8-10-13-21)26-19-16-14-18(15-17-19)23-22(24)6-3/h1,5,7-17H,6H2,2-3H3,(H,23,24)/b11-7-,20-5+. The van der Waals surface area contributed by atoms with Crippen LogP contribution in [-0.2, 0) is 9.36 Å². The second-order valence-electron chi connectivity index (χ2n) is 5.62. The van der Waals surface area contributed by atoms with E-state index in [1.54, 1.807) is 62.4 Å². The molecule has 138 valence electrons. The van der Waals surface area contributed by atoms with E-state index in [1.807, 2.05) is 18.2 Å². The zero-order chi connectivity index (χ0) is 19.7. The first-order valence-corrected chi connectivity index (χ1v) is 10.2. The molecule has 2 rings (SSSR count). The Morgan fingerprint density at radius 1 is 1.19 bits per heavy atom. The van der Waals surface area contributed by atoms with Gasteiger partial charge in [0, 0.05) is 17.4 Å². The van der Waals surface area contributed by atoms with Gasteiger partial charge >= 0.3 is 7.37 Å². The van der Waals surface area contributed by atoms with Crippen molar-refractivity contribution in [3.05, 3.63) is 78.1 Å². The Labute approximate surface area is 160 Å². The van der Waals surface area contributed by atoms with Gasteiger partial charge in [-0.15, -0.1) is 6.42 Å². The summed E-state index contributed by atoms with van der Waals surface area (Å²) in [5, 5.41) is 3.85. The fourth-order valence-corrected chi connectivity index (χ4v) is 4.48. The number of hydrogen-bond donors (Lipinski definition) is 1. The Hall–Kier alpha value is -3.02. The molecule has 4 nitrogen and oxygen atoms in total. The summed E-state index contributed by atoms with van der Waals surface area (Å²) in [5.41, 5.74) is 0.655. The molecule has 0 aromatic heterocycles. The second kappa shape index (κ2) is 9.62. The Morgan fingerprint density at radius 2 is 1.85 bits per heavy atom. The third-order valence-electron chi connectivity index (χ3n) is 3.78. The summed E-state index contributed by atoms with van der Waals surface area (Å²) in [6, 6.07) is 15.8. The molecule has 0 fully saturated rings. The molecule has 0 spiro atoms. The maximum Gasteiger partial charge on any atom is 0.306 e. The molecule has 0 heterocycles. The van der Waals surface area contributed by atoms with E-state index in [4.69, 9.17) is 10.9 Å². The summed E-state index contributed by atoms with van der Waals surface area (Å²) in [6.07, 6.45) is 10.6. The van der Waals surface area contributed by atoms with Crippen molar-refractivity contribution in [3.63, 3.8) is 0 Å². The van der Waals surface area contributed by atoms with Gasteiger partial charge in [0.25, 0.3) is 0 Å². The quantitative estimate of drug-likeness (QED) is 0.413. The van der Waals surface area contributed by atoms with Gasteiger partial charge in [0.05, 0.1) is 5.30 Å². The van der Waals surface area contributed by atoms with E-state index in [1.165, 1.54) is 6.08 Å². The fourth-order valence-electron chi connectivity index (χ4n) is 2.37. The third kappa shape index (κ3) is 5.23.